The smallest absolute Gasteiger partial charge is 0.255 e. The zero-order valence-corrected chi connectivity index (χ0v) is 34.5. The molecule has 0 radical (unpaired) electrons. The van der Waals surface area contributed by atoms with Crippen LogP contribution in [0.1, 0.15) is 90.1 Å². The molecule has 3 aliphatic carbocycles. The first-order valence-corrected chi connectivity index (χ1v) is 19.9. The van der Waals surface area contributed by atoms with Gasteiger partial charge in [0.15, 0.2) is 17.3 Å². The first-order chi connectivity index (χ1) is 25.8. The van der Waals surface area contributed by atoms with Crippen molar-refractivity contribution in [2.45, 2.75) is 111 Å². The van der Waals surface area contributed by atoms with E-state index >= 15 is 0 Å². The van der Waals surface area contributed by atoms with E-state index in [1.807, 2.05) is 38.4 Å². The van der Waals surface area contributed by atoms with E-state index in [2.05, 4.69) is 51.8 Å². The first-order valence-electron chi connectivity index (χ1n) is 19.9. The van der Waals surface area contributed by atoms with E-state index in [1.165, 1.54) is 11.5 Å². The minimum Gasteiger partial charge on any atom is -0.496 e. The maximum Gasteiger partial charge on any atom is 0.255 e. The van der Waals surface area contributed by atoms with Crippen molar-refractivity contribution in [2.24, 2.45) is 40.2 Å². The largest absolute Gasteiger partial charge is 0.496 e. The molecule has 12 nitrogen and oxygen atoms in total. The number of carbonyl (C=O) groups is 2. The van der Waals surface area contributed by atoms with E-state index in [9.17, 15) is 19.8 Å². The number of aliphatic hydroxyl groups excluding tert-OH is 2. The summed E-state index contributed by atoms with van der Waals surface area (Å²) in [5, 5.41) is 26.3. The molecule has 2 bridgehead atoms. The Morgan fingerprint density at radius 2 is 1.89 bits per heavy atom. The van der Waals surface area contributed by atoms with Crippen molar-refractivity contribution < 1.29 is 38.9 Å². The number of para-hydroxylation sites is 1. The quantitative estimate of drug-likeness (QED) is 0.205. The van der Waals surface area contributed by atoms with Crippen LogP contribution in [0.15, 0.2) is 30.3 Å². The molecule has 4 fully saturated rings. The highest BCUT2D eigenvalue weighted by atomic mass is 16.7. The van der Waals surface area contributed by atoms with E-state index in [1.54, 1.807) is 20.1 Å². The van der Waals surface area contributed by atoms with E-state index in [0.717, 1.165) is 12.8 Å². The van der Waals surface area contributed by atoms with Crippen LogP contribution in [0.25, 0.3) is 11.1 Å². The van der Waals surface area contributed by atoms with E-state index in [4.69, 9.17) is 24.8 Å². The van der Waals surface area contributed by atoms with Crippen molar-refractivity contribution >= 4 is 11.7 Å². The van der Waals surface area contributed by atoms with Gasteiger partial charge in [0.05, 0.1) is 37.5 Å². The molecule has 0 spiro atoms. The number of amides is 1. The number of Topliss-reactive ketones (excluding diaryl/α,β-unsaturated/α-hetero) is 1. The molecule has 0 unspecified atom stereocenters. The zero-order valence-electron chi connectivity index (χ0n) is 34.5. The Labute approximate surface area is 327 Å². The van der Waals surface area contributed by atoms with Crippen molar-refractivity contribution in [3.8, 4) is 28.4 Å². The van der Waals surface area contributed by atoms with Crippen molar-refractivity contribution in [2.75, 3.05) is 41.1 Å². The lowest BCUT2D eigenvalue weighted by Crippen LogP contribution is -2.67. The third kappa shape index (κ3) is 7.87. The van der Waals surface area contributed by atoms with Crippen molar-refractivity contribution in [1.82, 2.24) is 15.3 Å². The van der Waals surface area contributed by atoms with E-state index in [-0.39, 0.29) is 47.8 Å². The average Bonchev–Trinajstić information content (AvgIpc) is 3.69. The van der Waals surface area contributed by atoms with E-state index in [0.29, 0.717) is 70.2 Å². The van der Waals surface area contributed by atoms with Crippen LogP contribution in [0, 0.1) is 34.5 Å². The lowest BCUT2D eigenvalue weighted by Gasteiger charge is -2.62. The van der Waals surface area contributed by atoms with Gasteiger partial charge in [-0.25, -0.2) is 0 Å². The predicted molar refractivity (Wildman–Crippen MR) is 211 cm³/mol. The Hall–Kier alpha value is -3.26. The number of carbonyl (C=O) groups excluding carboxylic acids is 2. The molecule has 2 aromatic rings. The fourth-order valence-electron chi connectivity index (χ4n) is 10.2. The maximum atomic E-state index is 14.5. The Morgan fingerprint density at radius 3 is 2.49 bits per heavy atom. The van der Waals surface area contributed by atoms with Crippen LogP contribution in [0.5, 0.6) is 17.2 Å². The lowest BCUT2D eigenvalue weighted by atomic mass is 9.43. The van der Waals surface area contributed by atoms with Gasteiger partial charge < -0.3 is 40.4 Å². The highest BCUT2D eigenvalue weighted by molar-refractivity contribution is 6.00. The Morgan fingerprint density at radius 1 is 1.16 bits per heavy atom. The minimum absolute atomic E-state index is 0.00404. The van der Waals surface area contributed by atoms with E-state index < -0.39 is 30.4 Å². The fraction of sp³-hybridized carbons (Fsp3) is 0.674. The van der Waals surface area contributed by atoms with Gasteiger partial charge >= 0.3 is 0 Å². The number of methoxy groups -OCH3 is 1. The number of ketones is 1. The molecule has 5 N–H and O–H groups in total. The van der Waals surface area contributed by atoms with Gasteiger partial charge in [0.1, 0.15) is 17.9 Å². The highest BCUT2D eigenvalue weighted by Crippen LogP contribution is 2.63. The molecular formula is C43H64N4O8. The number of hydrogen-bond acceptors (Lipinski definition) is 11. The van der Waals surface area contributed by atoms with Crippen LogP contribution in [0.3, 0.4) is 0 Å². The number of hydroxylamine groups is 2. The number of nitrogens with one attached hydrogen (secondary N) is 1. The summed E-state index contributed by atoms with van der Waals surface area (Å²) in [6.45, 7) is 15.3. The predicted octanol–water partition coefficient (Wildman–Crippen LogP) is 5.02. The molecule has 12 heteroatoms. The first kappa shape index (κ1) is 41.4. The summed E-state index contributed by atoms with van der Waals surface area (Å²) in [4.78, 5) is 36.9. The van der Waals surface area contributed by atoms with Crippen LogP contribution >= 0.6 is 0 Å². The van der Waals surface area contributed by atoms with Gasteiger partial charge in [-0.2, -0.15) is 5.06 Å². The maximum absolute atomic E-state index is 14.5. The monoisotopic (exact) mass is 764 g/mol. The summed E-state index contributed by atoms with van der Waals surface area (Å²) in [6, 6.07) is 8.19. The van der Waals surface area contributed by atoms with Crippen molar-refractivity contribution in [3.63, 3.8) is 0 Å². The third-order valence-corrected chi connectivity index (χ3v) is 13.2. The van der Waals surface area contributed by atoms with Gasteiger partial charge in [0.25, 0.3) is 5.91 Å². The molecule has 2 heterocycles. The molecular weight excluding hydrogens is 700 g/mol. The summed E-state index contributed by atoms with van der Waals surface area (Å²) >= 11 is 0. The highest BCUT2D eigenvalue weighted by Gasteiger charge is 2.61. The van der Waals surface area contributed by atoms with Crippen LogP contribution in [-0.2, 0) is 16.2 Å². The Bertz CT molecular complexity index is 1740. The molecule has 55 heavy (non-hydrogen) atoms. The van der Waals surface area contributed by atoms with Crippen LogP contribution < -0.4 is 25.3 Å². The van der Waals surface area contributed by atoms with Crippen molar-refractivity contribution in [1.29, 1.82) is 0 Å². The topological polar surface area (TPSA) is 156 Å². The standard InChI is InChI=1S/C43H64N4O8/c1-24-27(14-29-18-33(24)42(29,6)7)16-34(50)39-43(44,25(2)49)36(22-48)55-47(39)20-26-12-11-13-31(37(26)52-10)28-15-32(38-35(17-28)53-23-54-38)40(51)45-30(21-46(8)9)19-41(3,4)5/h11-13,15,17,24-25,27,29-30,33,36,39,48-49H,14,16,18-23,44H2,1-10H3,(H,45,51)/t24-,25+,27-,29+,30+,33+,36+,39-,43+/m1/s1. The number of nitrogens with zero attached hydrogens (tertiary/aromatic N) is 2. The second-order valence-corrected chi connectivity index (χ2v) is 18.8. The molecule has 1 saturated heterocycles. The van der Waals surface area contributed by atoms with Gasteiger partial charge in [-0.05, 0) is 92.5 Å². The molecule has 5 aliphatic rings. The molecule has 304 valence electrons. The molecule has 2 aromatic carbocycles. The normalized spacial score (nSPS) is 29.5. The Balaban J connectivity index is 1.31. The Kier molecular flexibility index (Phi) is 11.7. The second kappa shape index (κ2) is 15.6. The number of nitrogens with two attached hydrogens (primary N) is 1. The number of benzene rings is 2. The van der Waals surface area contributed by atoms with Crippen LogP contribution in [-0.4, -0.2) is 103 Å². The molecule has 1 amide bonds. The molecule has 9 atom stereocenters. The molecule has 3 saturated carbocycles. The fourth-order valence-corrected chi connectivity index (χ4v) is 10.2. The number of fused-ring (bicyclic) bond motifs is 3. The minimum atomic E-state index is -1.55. The van der Waals surface area contributed by atoms with Crippen molar-refractivity contribution in [3.05, 3.63) is 41.5 Å². The van der Waals surface area contributed by atoms with Gasteiger partial charge in [-0.15, -0.1) is 0 Å². The average molecular weight is 765 g/mol. The molecule has 2 aliphatic heterocycles. The number of ether oxygens (including phenoxy) is 3. The van der Waals surface area contributed by atoms with Gasteiger partial charge in [-0.1, -0.05) is 59.7 Å². The lowest BCUT2D eigenvalue weighted by molar-refractivity contribution is -0.183. The third-order valence-electron chi connectivity index (χ3n) is 13.2. The summed E-state index contributed by atoms with van der Waals surface area (Å²) in [5.74, 6) is 2.75. The van der Waals surface area contributed by atoms with Gasteiger partial charge in [0, 0.05) is 30.1 Å². The van der Waals surface area contributed by atoms with Gasteiger partial charge in [0.2, 0.25) is 6.79 Å². The molecule has 7 rings (SSSR count). The summed E-state index contributed by atoms with van der Waals surface area (Å²) < 4.78 is 17.7. The number of aliphatic hydroxyl groups is 2. The summed E-state index contributed by atoms with van der Waals surface area (Å²) in [7, 11) is 5.55. The van der Waals surface area contributed by atoms with Crippen LogP contribution in [0.4, 0.5) is 0 Å². The zero-order chi connectivity index (χ0) is 40.2. The van der Waals surface area contributed by atoms with Gasteiger partial charge in [-0.3, -0.25) is 14.4 Å². The number of likely N-dealkylation sites (N-methyl/N-ethyl adjacent to an activating group) is 1. The summed E-state index contributed by atoms with van der Waals surface area (Å²) in [6.07, 6.45) is 1.14. The second-order valence-electron chi connectivity index (χ2n) is 18.8. The number of hydrogen-bond donors (Lipinski definition) is 4. The number of rotatable bonds is 14. The van der Waals surface area contributed by atoms with Crippen LogP contribution in [0.2, 0.25) is 0 Å². The SMILES string of the molecule is COc1c(CN2O[C@@H](CO)[C@@](N)([C@H](C)O)[C@H]2C(=O)C[C@H]2C[C@H]3C[C@@H]([C@@H]2C)C3(C)C)cccc1-c1cc2c(c(C(=O)N[C@H](CN(C)C)CC(C)(C)C)c1)OCO2. The summed E-state index contributed by atoms with van der Waals surface area (Å²) in [5.41, 5.74) is 8.11. The molecule has 0 aromatic heterocycles.